The van der Waals surface area contributed by atoms with E-state index in [9.17, 15) is 0 Å². The second kappa shape index (κ2) is 7.85. The van der Waals surface area contributed by atoms with Crippen molar-refractivity contribution in [3.8, 4) is 0 Å². The molecule has 1 aliphatic rings. The number of thioether (sulfide) groups is 1. The lowest BCUT2D eigenvalue weighted by Crippen LogP contribution is -2.34. The number of hydrogen-bond donors (Lipinski definition) is 1. The van der Waals surface area contributed by atoms with Gasteiger partial charge in [-0.2, -0.15) is 16.9 Å². The minimum absolute atomic E-state index is 0.676. The average molecular weight is 360 g/mol. The van der Waals surface area contributed by atoms with E-state index in [-0.39, 0.29) is 0 Å². The summed E-state index contributed by atoms with van der Waals surface area (Å²) in [6.07, 6.45) is 8.55. The lowest BCUT2D eigenvalue weighted by atomic mass is 9.95. The van der Waals surface area contributed by atoms with Crippen LogP contribution in [0.25, 0.3) is 0 Å². The molecule has 1 aromatic heterocycles. The van der Waals surface area contributed by atoms with Crippen molar-refractivity contribution >= 4 is 27.7 Å². The van der Waals surface area contributed by atoms with Crippen LogP contribution in [0.15, 0.2) is 4.47 Å². The summed E-state index contributed by atoms with van der Waals surface area (Å²) >= 11 is 5.75. The van der Waals surface area contributed by atoms with Gasteiger partial charge in [0, 0.05) is 24.4 Å². The quantitative estimate of drug-likeness (QED) is 0.832. The van der Waals surface area contributed by atoms with Gasteiger partial charge in [-0.15, -0.1) is 0 Å². The van der Waals surface area contributed by atoms with Gasteiger partial charge in [0.05, 0.1) is 15.9 Å². The maximum absolute atomic E-state index is 4.66. The van der Waals surface area contributed by atoms with Crippen LogP contribution < -0.4 is 5.32 Å². The van der Waals surface area contributed by atoms with Crippen LogP contribution in [0.3, 0.4) is 0 Å². The van der Waals surface area contributed by atoms with E-state index in [1.807, 2.05) is 11.8 Å². The summed E-state index contributed by atoms with van der Waals surface area (Å²) in [5.41, 5.74) is 2.48. The third kappa shape index (κ3) is 3.80. The highest BCUT2D eigenvalue weighted by molar-refractivity contribution is 9.10. The highest BCUT2D eigenvalue weighted by Gasteiger charge is 2.21. The molecule has 0 amide bonds. The van der Waals surface area contributed by atoms with Crippen LogP contribution in [0, 0.1) is 0 Å². The first-order chi connectivity index (χ1) is 9.69. The van der Waals surface area contributed by atoms with E-state index in [2.05, 4.69) is 51.1 Å². The summed E-state index contributed by atoms with van der Waals surface area (Å²) in [6, 6.07) is 0.676. The number of nitrogens with one attached hydrogen (secondary N) is 1. The summed E-state index contributed by atoms with van der Waals surface area (Å²) in [7, 11) is 0. The van der Waals surface area contributed by atoms with Crippen LogP contribution in [0.5, 0.6) is 0 Å². The van der Waals surface area contributed by atoms with Crippen LogP contribution in [-0.4, -0.2) is 27.3 Å². The van der Waals surface area contributed by atoms with Crippen LogP contribution in [0.4, 0.5) is 0 Å². The third-order valence-electron chi connectivity index (χ3n) is 4.26. The van der Waals surface area contributed by atoms with Gasteiger partial charge in [-0.1, -0.05) is 6.92 Å². The van der Waals surface area contributed by atoms with Gasteiger partial charge in [-0.25, -0.2) is 0 Å². The van der Waals surface area contributed by atoms with Gasteiger partial charge in [-0.05, 0) is 61.2 Å². The number of rotatable bonds is 6. The minimum Gasteiger partial charge on any atom is -0.308 e. The van der Waals surface area contributed by atoms with Crippen molar-refractivity contribution < 1.29 is 0 Å². The SMILES string of the molecule is CCc1nn(CC)c(CNC2CCC(SC)CC2)c1Br. The van der Waals surface area contributed by atoms with Gasteiger partial charge in [-0.3, -0.25) is 4.68 Å². The van der Waals surface area contributed by atoms with Crippen molar-refractivity contribution in [2.45, 2.75) is 70.3 Å². The fourth-order valence-corrected chi connectivity index (χ4v) is 4.38. The van der Waals surface area contributed by atoms with E-state index in [0.717, 1.165) is 24.8 Å². The molecule has 0 saturated heterocycles. The van der Waals surface area contributed by atoms with Gasteiger partial charge in [0.25, 0.3) is 0 Å². The molecule has 1 heterocycles. The Morgan fingerprint density at radius 2 is 2.00 bits per heavy atom. The van der Waals surface area contributed by atoms with Gasteiger partial charge >= 0.3 is 0 Å². The zero-order valence-corrected chi connectivity index (χ0v) is 15.2. The molecular formula is C15H26BrN3S. The first kappa shape index (κ1) is 16.4. The van der Waals surface area contributed by atoms with Crippen LogP contribution in [0.2, 0.25) is 0 Å². The Hall–Kier alpha value is -0.000000000000000111. The Kier molecular flexibility index (Phi) is 6.43. The Bertz CT molecular complexity index is 425. The molecule has 0 atom stereocenters. The standard InChI is InChI=1S/C15H26BrN3S/c1-4-13-15(16)14(19(5-2)18-13)10-17-11-6-8-12(20-3)9-7-11/h11-12,17H,4-10H2,1-3H3. The largest absolute Gasteiger partial charge is 0.308 e. The fourth-order valence-electron chi connectivity index (χ4n) is 2.93. The number of nitrogens with zero attached hydrogens (tertiary/aromatic N) is 2. The molecule has 3 nitrogen and oxygen atoms in total. The van der Waals surface area contributed by atoms with Crippen LogP contribution in [-0.2, 0) is 19.5 Å². The predicted molar refractivity (Wildman–Crippen MR) is 91.4 cm³/mol. The molecule has 20 heavy (non-hydrogen) atoms. The van der Waals surface area contributed by atoms with Crippen molar-refractivity contribution in [2.24, 2.45) is 0 Å². The maximum Gasteiger partial charge on any atom is 0.0767 e. The van der Waals surface area contributed by atoms with E-state index in [1.165, 1.54) is 41.5 Å². The Labute approximate surface area is 135 Å². The molecule has 0 unspecified atom stereocenters. The summed E-state index contributed by atoms with van der Waals surface area (Å²) in [4.78, 5) is 0. The lowest BCUT2D eigenvalue weighted by Gasteiger charge is -2.28. The van der Waals surface area contributed by atoms with Crippen molar-refractivity contribution in [1.82, 2.24) is 15.1 Å². The molecule has 5 heteroatoms. The minimum atomic E-state index is 0.676. The molecule has 0 bridgehead atoms. The van der Waals surface area contributed by atoms with Gasteiger partial charge in [0.15, 0.2) is 0 Å². The van der Waals surface area contributed by atoms with Crippen molar-refractivity contribution in [3.05, 3.63) is 15.9 Å². The molecule has 1 aliphatic carbocycles. The van der Waals surface area contributed by atoms with E-state index < -0.39 is 0 Å². The number of aromatic nitrogens is 2. The molecule has 114 valence electrons. The highest BCUT2D eigenvalue weighted by atomic mass is 79.9. The molecule has 1 aromatic rings. The van der Waals surface area contributed by atoms with Crippen LogP contribution >= 0.6 is 27.7 Å². The summed E-state index contributed by atoms with van der Waals surface area (Å²) < 4.78 is 3.33. The molecular weight excluding hydrogens is 334 g/mol. The zero-order chi connectivity index (χ0) is 14.5. The molecule has 0 spiro atoms. The monoisotopic (exact) mass is 359 g/mol. The topological polar surface area (TPSA) is 29.9 Å². The summed E-state index contributed by atoms with van der Waals surface area (Å²) in [5.74, 6) is 0. The average Bonchev–Trinajstić information content (AvgIpc) is 2.81. The molecule has 2 rings (SSSR count). The number of hydrogen-bond acceptors (Lipinski definition) is 3. The lowest BCUT2D eigenvalue weighted by molar-refractivity contribution is 0.373. The molecule has 0 aliphatic heterocycles. The Morgan fingerprint density at radius 1 is 1.30 bits per heavy atom. The van der Waals surface area contributed by atoms with Gasteiger partial charge in [0.2, 0.25) is 0 Å². The van der Waals surface area contributed by atoms with E-state index in [4.69, 9.17) is 0 Å². The van der Waals surface area contributed by atoms with Crippen molar-refractivity contribution in [2.75, 3.05) is 6.26 Å². The second-order valence-corrected chi connectivity index (χ2v) is 7.40. The molecule has 1 N–H and O–H groups in total. The smallest absolute Gasteiger partial charge is 0.0767 e. The molecule has 0 aromatic carbocycles. The number of aryl methyl sites for hydroxylation is 2. The molecule has 0 radical (unpaired) electrons. The molecule has 1 fully saturated rings. The normalized spacial score (nSPS) is 23.2. The maximum atomic E-state index is 4.66. The number of halogens is 1. The Morgan fingerprint density at radius 3 is 2.55 bits per heavy atom. The van der Waals surface area contributed by atoms with E-state index in [0.29, 0.717) is 6.04 Å². The van der Waals surface area contributed by atoms with E-state index >= 15 is 0 Å². The molecule has 1 saturated carbocycles. The first-order valence-electron chi connectivity index (χ1n) is 7.69. The first-order valence-corrected chi connectivity index (χ1v) is 9.77. The summed E-state index contributed by atoms with van der Waals surface area (Å²) in [6.45, 7) is 6.19. The Balaban J connectivity index is 1.92. The predicted octanol–water partition coefficient (Wildman–Crippen LogP) is 3.99. The highest BCUT2D eigenvalue weighted by Crippen LogP contribution is 2.28. The van der Waals surface area contributed by atoms with Gasteiger partial charge < -0.3 is 5.32 Å². The fraction of sp³-hybridized carbons (Fsp3) is 0.800. The third-order valence-corrected chi connectivity index (χ3v) is 6.31. The zero-order valence-electron chi connectivity index (χ0n) is 12.8. The second-order valence-electron chi connectivity index (χ2n) is 5.47. The van der Waals surface area contributed by atoms with Crippen molar-refractivity contribution in [1.29, 1.82) is 0 Å². The van der Waals surface area contributed by atoms with Gasteiger partial charge in [0.1, 0.15) is 0 Å². The van der Waals surface area contributed by atoms with Crippen molar-refractivity contribution in [3.63, 3.8) is 0 Å². The van der Waals surface area contributed by atoms with E-state index in [1.54, 1.807) is 0 Å². The summed E-state index contributed by atoms with van der Waals surface area (Å²) in [5, 5.41) is 9.28. The van der Waals surface area contributed by atoms with Crippen LogP contribution in [0.1, 0.15) is 50.9 Å².